The fourth-order valence-corrected chi connectivity index (χ4v) is 1.06. The Morgan fingerprint density at radius 1 is 1.58 bits per heavy atom. The highest BCUT2D eigenvalue weighted by atomic mass is 35.5. The number of hydrogen-bond donors (Lipinski definition) is 1. The molecular formula is C9H13ClN2. The van der Waals surface area contributed by atoms with Crippen LogP contribution in [0, 0.1) is 0 Å². The van der Waals surface area contributed by atoms with E-state index in [1.807, 2.05) is 13.0 Å². The van der Waals surface area contributed by atoms with Crippen molar-refractivity contribution < 1.29 is 0 Å². The minimum absolute atomic E-state index is 0.251. The van der Waals surface area contributed by atoms with E-state index < -0.39 is 0 Å². The maximum absolute atomic E-state index is 5.64. The van der Waals surface area contributed by atoms with Gasteiger partial charge in [0, 0.05) is 12.2 Å². The lowest BCUT2D eigenvalue weighted by Gasteiger charge is -2.03. The first-order valence-electron chi connectivity index (χ1n) is 4.04. The summed E-state index contributed by atoms with van der Waals surface area (Å²) in [5, 5.41) is 0.541. The molecule has 3 heteroatoms. The van der Waals surface area contributed by atoms with Crippen LogP contribution < -0.4 is 5.73 Å². The lowest BCUT2D eigenvalue weighted by atomic mass is 10.1. The lowest BCUT2D eigenvalue weighted by molar-refractivity contribution is 0.665. The molecule has 66 valence electrons. The number of halogens is 1. The van der Waals surface area contributed by atoms with E-state index in [1.54, 1.807) is 12.3 Å². The van der Waals surface area contributed by atoms with Crippen LogP contribution in [-0.2, 0) is 6.42 Å². The first-order valence-corrected chi connectivity index (χ1v) is 4.42. The summed E-state index contributed by atoms with van der Waals surface area (Å²) in [6.07, 6.45) is 3.76. The standard InChI is InChI=1S/C9H13ClN2/c1-7(11)2-3-8-4-5-9(10)12-6-8/h4-7H,2-3,11H2,1H3/t7-/m0/s1. The van der Waals surface area contributed by atoms with E-state index in [9.17, 15) is 0 Å². The third-order valence-corrected chi connectivity index (χ3v) is 1.90. The average Bonchev–Trinajstić information content (AvgIpc) is 2.03. The van der Waals surface area contributed by atoms with E-state index in [4.69, 9.17) is 17.3 Å². The number of aromatic nitrogens is 1. The zero-order chi connectivity index (χ0) is 8.97. The monoisotopic (exact) mass is 184 g/mol. The molecule has 1 atom stereocenters. The Balaban J connectivity index is 2.48. The number of rotatable bonds is 3. The highest BCUT2D eigenvalue weighted by molar-refractivity contribution is 6.29. The highest BCUT2D eigenvalue weighted by Gasteiger charge is 1.97. The van der Waals surface area contributed by atoms with E-state index in [2.05, 4.69) is 4.98 Å². The van der Waals surface area contributed by atoms with Crippen LogP contribution >= 0.6 is 11.6 Å². The first-order chi connectivity index (χ1) is 5.68. The molecule has 0 fully saturated rings. The van der Waals surface area contributed by atoms with Crippen molar-refractivity contribution in [1.82, 2.24) is 4.98 Å². The van der Waals surface area contributed by atoms with Gasteiger partial charge >= 0.3 is 0 Å². The van der Waals surface area contributed by atoms with Crippen LogP contribution in [0.4, 0.5) is 0 Å². The summed E-state index contributed by atoms with van der Waals surface area (Å²) < 4.78 is 0. The molecule has 1 aromatic heterocycles. The zero-order valence-electron chi connectivity index (χ0n) is 7.13. The van der Waals surface area contributed by atoms with Crippen molar-refractivity contribution >= 4 is 11.6 Å². The Morgan fingerprint density at radius 2 is 2.33 bits per heavy atom. The van der Waals surface area contributed by atoms with Crippen molar-refractivity contribution in [2.45, 2.75) is 25.8 Å². The van der Waals surface area contributed by atoms with Gasteiger partial charge < -0.3 is 5.73 Å². The van der Waals surface area contributed by atoms with Crippen LogP contribution in [0.2, 0.25) is 5.15 Å². The van der Waals surface area contributed by atoms with Gasteiger partial charge in [-0.15, -0.1) is 0 Å². The van der Waals surface area contributed by atoms with Gasteiger partial charge in [-0.25, -0.2) is 4.98 Å². The predicted octanol–water partition coefficient (Wildman–Crippen LogP) is 2.01. The second kappa shape index (κ2) is 4.43. The van der Waals surface area contributed by atoms with Gasteiger partial charge in [-0.2, -0.15) is 0 Å². The highest BCUT2D eigenvalue weighted by Crippen LogP contribution is 2.07. The molecule has 0 bridgehead atoms. The van der Waals surface area contributed by atoms with Gasteiger partial charge in [0.1, 0.15) is 5.15 Å². The van der Waals surface area contributed by atoms with Crippen LogP contribution in [0.3, 0.4) is 0 Å². The number of pyridine rings is 1. The van der Waals surface area contributed by atoms with Gasteiger partial charge in [0.05, 0.1) is 0 Å². The van der Waals surface area contributed by atoms with Crippen molar-refractivity contribution in [1.29, 1.82) is 0 Å². The van der Waals surface area contributed by atoms with Crippen LogP contribution in [0.15, 0.2) is 18.3 Å². The zero-order valence-corrected chi connectivity index (χ0v) is 7.88. The molecule has 1 aromatic rings. The summed E-state index contributed by atoms with van der Waals surface area (Å²) in [4.78, 5) is 3.98. The van der Waals surface area contributed by atoms with Gasteiger partial charge in [0.2, 0.25) is 0 Å². The van der Waals surface area contributed by atoms with Crippen molar-refractivity contribution in [2.75, 3.05) is 0 Å². The van der Waals surface area contributed by atoms with Crippen LogP contribution in [0.5, 0.6) is 0 Å². The maximum Gasteiger partial charge on any atom is 0.129 e. The molecule has 0 saturated heterocycles. The molecule has 0 spiro atoms. The fourth-order valence-electron chi connectivity index (χ4n) is 0.949. The van der Waals surface area contributed by atoms with E-state index in [0.717, 1.165) is 12.8 Å². The molecule has 2 N–H and O–H groups in total. The van der Waals surface area contributed by atoms with Crippen molar-refractivity contribution in [3.63, 3.8) is 0 Å². The number of nitrogens with zero attached hydrogens (tertiary/aromatic N) is 1. The molecule has 0 aliphatic rings. The second-order valence-electron chi connectivity index (χ2n) is 3.01. The van der Waals surface area contributed by atoms with E-state index in [1.165, 1.54) is 5.56 Å². The average molecular weight is 185 g/mol. The fraction of sp³-hybridized carbons (Fsp3) is 0.444. The van der Waals surface area contributed by atoms with Crippen LogP contribution in [-0.4, -0.2) is 11.0 Å². The molecule has 0 aliphatic carbocycles. The number of aryl methyl sites for hydroxylation is 1. The second-order valence-corrected chi connectivity index (χ2v) is 3.39. The largest absolute Gasteiger partial charge is 0.328 e. The molecule has 1 rings (SSSR count). The third kappa shape index (κ3) is 3.20. The van der Waals surface area contributed by atoms with E-state index in [0.29, 0.717) is 5.15 Å². The van der Waals surface area contributed by atoms with Gasteiger partial charge in [-0.3, -0.25) is 0 Å². The Kier molecular flexibility index (Phi) is 3.50. The SMILES string of the molecule is C[C@H](N)CCc1ccc(Cl)nc1. The molecule has 0 saturated carbocycles. The lowest BCUT2D eigenvalue weighted by Crippen LogP contribution is -2.15. The van der Waals surface area contributed by atoms with Crippen LogP contribution in [0.1, 0.15) is 18.9 Å². The minimum atomic E-state index is 0.251. The normalized spacial score (nSPS) is 12.9. The number of hydrogen-bond acceptors (Lipinski definition) is 2. The Hall–Kier alpha value is -0.600. The summed E-state index contributed by atoms with van der Waals surface area (Å²) in [5.41, 5.74) is 6.82. The smallest absolute Gasteiger partial charge is 0.129 e. The third-order valence-electron chi connectivity index (χ3n) is 1.68. The van der Waals surface area contributed by atoms with Gasteiger partial charge in [-0.05, 0) is 31.4 Å². The summed E-state index contributed by atoms with van der Waals surface area (Å²) >= 11 is 5.64. The topological polar surface area (TPSA) is 38.9 Å². The van der Waals surface area contributed by atoms with E-state index in [-0.39, 0.29) is 6.04 Å². The quantitative estimate of drug-likeness (QED) is 0.730. The molecule has 2 nitrogen and oxygen atoms in total. The van der Waals surface area contributed by atoms with Gasteiger partial charge in [-0.1, -0.05) is 17.7 Å². The summed E-state index contributed by atoms with van der Waals surface area (Å²) in [5.74, 6) is 0. The summed E-state index contributed by atoms with van der Waals surface area (Å²) in [7, 11) is 0. The Labute approximate surface area is 77.8 Å². The summed E-state index contributed by atoms with van der Waals surface area (Å²) in [6.45, 7) is 2.00. The molecule has 0 unspecified atom stereocenters. The Bertz CT molecular complexity index is 231. The van der Waals surface area contributed by atoms with Crippen molar-refractivity contribution in [3.05, 3.63) is 29.0 Å². The van der Waals surface area contributed by atoms with Crippen LogP contribution in [0.25, 0.3) is 0 Å². The molecule has 12 heavy (non-hydrogen) atoms. The Morgan fingerprint density at radius 3 is 2.83 bits per heavy atom. The first kappa shape index (κ1) is 9.49. The van der Waals surface area contributed by atoms with Gasteiger partial charge in [0.25, 0.3) is 0 Å². The van der Waals surface area contributed by atoms with E-state index >= 15 is 0 Å². The minimum Gasteiger partial charge on any atom is -0.328 e. The molecule has 0 amide bonds. The molecule has 0 aromatic carbocycles. The molecular weight excluding hydrogens is 172 g/mol. The summed E-state index contributed by atoms with van der Waals surface area (Å²) in [6, 6.07) is 4.04. The predicted molar refractivity (Wildman–Crippen MR) is 51.2 cm³/mol. The van der Waals surface area contributed by atoms with Gasteiger partial charge in [0.15, 0.2) is 0 Å². The maximum atomic E-state index is 5.64. The molecule has 0 aliphatic heterocycles. The van der Waals surface area contributed by atoms with Crippen molar-refractivity contribution in [2.24, 2.45) is 5.73 Å². The molecule has 1 heterocycles. The molecule has 0 radical (unpaired) electrons. The van der Waals surface area contributed by atoms with Crippen molar-refractivity contribution in [3.8, 4) is 0 Å². The number of nitrogens with two attached hydrogens (primary N) is 1.